The van der Waals surface area contributed by atoms with Gasteiger partial charge in [0.15, 0.2) is 0 Å². The van der Waals surface area contributed by atoms with E-state index in [1.807, 2.05) is 18.3 Å². The Kier molecular flexibility index (Phi) is 7.35. The normalized spacial score (nSPS) is 15.9. The Hall–Kier alpha value is -0.900. The van der Waals surface area contributed by atoms with Gasteiger partial charge in [0.1, 0.15) is 5.03 Å². The Morgan fingerprint density at radius 3 is 2.59 bits per heavy atom. The van der Waals surface area contributed by atoms with Gasteiger partial charge >= 0.3 is 0 Å². The van der Waals surface area contributed by atoms with Crippen LogP contribution in [0.2, 0.25) is 10.0 Å². The number of anilines is 1. The van der Waals surface area contributed by atoms with Crippen molar-refractivity contribution in [1.82, 2.24) is 4.98 Å². The molecule has 146 valence electrons. The highest BCUT2D eigenvalue weighted by molar-refractivity contribution is 7.99. The van der Waals surface area contributed by atoms with Gasteiger partial charge in [0.05, 0.1) is 21.9 Å². The molecule has 3 rings (SSSR count). The molecule has 0 atom stereocenters. The molecule has 1 aliphatic rings. The van der Waals surface area contributed by atoms with Gasteiger partial charge in [-0.15, -0.1) is 0 Å². The second-order valence-electron chi connectivity index (χ2n) is 7.71. The van der Waals surface area contributed by atoms with E-state index in [0.717, 1.165) is 23.0 Å². The summed E-state index contributed by atoms with van der Waals surface area (Å²) in [6.45, 7) is 6.78. The van der Waals surface area contributed by atoms with Gasteiger partial charge in [-0.3, -0.25) is 0 Å². The van der Waals surface area contributed by atoms with Gasteiger partial charge in [-0.2, -0.15) is 0 Å². The molecule has 0 amide bonds. The van der Waals surface area contributed by atoms with Crippen LogP contribution in [0.3, 0.4) is 0 Å². The van der Waals surface area contributed by atoms with Gasteiger partial charge in [-0.25, -0.2) is 4.98 Å². The van der Waals surface area contributed by atoms with E-state index in [-0.39, 0.29) is 0 Å². The third-order valence-corrected chi connectivity index (χ3v) is 7.56. The maximum atomic E-state index is 6.28. The number of hydrogen-bond acceptors (Lipinski definition) is 3. The maximum absolute atomic E-state index is 6.28. The second kappa shape index (κ2) is 9.54. The van der Waals surface area contributed by atoms with Crippen LogP contribution < -0.4 is 4.90 Å². The minimum atomic E-state index is 0.575. The number of halogens is 2. The van der Waals surface area contributed by atoms with Crippen molar-refractivity contribution in [2.75, 3.05) is 18.0 Å². The van der Waals surface area contributed by atoms with E-state index in [9.17, 15) is 0 Å². The van der Waals surface area contributed by atoms with E-state index in [1.165, 1.54) is 44.2 Å². The Bertz CT molecular complexity index is 742. The van der Waals surface area contributed by atoms with Crippen LogP contribution in [0.4, 0.5) is 5.69 Å². The van der Waals surface area contributed by atoms with Gasteiger partial charge in [-0.05, 0) is 62.3 Å². The summed E-state index contributed by atoms with van der Waals surface area (Å²) in [5, 5.41) is 2.09. The van der Waals surface area contributed by atoms with Crippen LogP contribution in [0.15, 0.2) is 46.5 Å². The highest BCUT2D eigenvalue weighted by atomic mass is 35.5. The zero-order chi connectivity index (χ0) is 19.3. The van der Waals surface area contributed by atoms with Crippen LogP contribution in [0.1, 0.15) is 52.4 Å². The molecule has 1 heterocycles. The third kappa shape index (κ3) is 5.56. The van der Waals surface area contributed by atoms with Crippen molar-refractivity contribution in [3.8, 4) is 0 Å². The van der Waals surface area contributed by atoms with Crippen molar-refractivity contribution >= 4 is 40.7 Å². The van der Waals surface area contributed by atoms with E-state index in [2.05, 4.69) is 35.9 Å². The quantitative estimate of drug-likeness (QED) is 0.432. The van der Waals surface area contributed by atoms with Crippen molar-refractivity contribution in [3.05, 3.63) is 46.6 Å². The fourth-order valence-corrected chi connectivity index (χ4v) is 5.23. The molecule has 1 aromatic heterocycles. The van der Waals surface area contributed by atoms with E-state index >= 15 is 0 Å². The predicted octanol–water partition coefficient (Wildman–Crippen LogP) is 7.73. The molecular formula is C22H28Cl2N2S. The summed E-state index contributed by atoms with van der Waals surface area (Å²) in [5.41, 5.74) is 1.77. The van der Waals surface area contributed by atoms with Crippen molar-refractivity contribution < 1.29 is 0 Å². The molecule has 0 N–H and O–H groups in total. The lowest BCUT2D eigenvalue weighted by atomic mass is 9.84. The van der Waals surface area contributed by atoms with Gasteiger partial charge in [0, 0.05) is 18.0 Å². The molecule has 0 bridgehead atoms. The predicted molar refractivity (Wildman–Crippen MR) is 119 cm³/mol. The zero-order valence-corrected chi connectivity index (χ0v) is 18.5. The van der Waals surface area contributed by atoms with Crippen LogP contribution in [-0.2, 0) is 0 Å². The molecule has 2 nitrogen and oxygen atoms in total. The summed E-state index contributed by atoms with van der Waals surface area (Å²) in [7, 11) is 0. The molecule has 0 unspecified atom stereocenters. The summed E-state index contributed by atoms with van der Waals surface area (Å²) < 4.78 is 0. The van der Waals surface area contributed by atoms with Gasteiger partial charge in [0.2, 0.25) is 0 Å². The Balaban J connectivity index is 1.58. The molecule has 1 fully saturated rings. The first-order valence-electron chi connectivity index (χ1n) is 9.84. The molecule has 1 aliphatic carbocycles. The van der Waals surface area contributed by atoms with E-state index in [4.69, 9.17) is 23.2 Å². The third-order valence-electron chi connectivity index (χ3n) is 5.62. The minimum absolute atomic E-state index is 0.575. The summed E-state index contributed by atoms with van der Waals surface area (Å²) in [4.78, 5) is 7.99. The Morgan fingerprint density at radius 2 is 1.93 bits per heavy atom. The van der Waals surface area contributed by atoms with Crippen LogP contribution in [0.5, 0.6) is 0 Å². The topological polar surface area (TPSA) is 16.1 Å². The van der Waals surface area contributed by atoms with E-state index in [1.54, 1.807) is 17.8 Å². The number of benzene rings is 1. The molecular weight excluding hydrogens is 395 g/mol. The summed E-state index contributed by atoms with van der Waals surface area (Å²) in [5.74, 6) is 0. The lowest BCUT2D eigenvalue weighted by molar-refractivity contribution is 0.300. The average Bonchev–Trinajstić information content (AvgIpc) is 3.10. The first kappa shape index (κ1) is 20.8. The maximum Gasteiger partial charge on any atom is 0.101 e. The standard InChI is InChI=1S/C22H28Cl2N2S/c1-3-26(15-7-14-22(2)12-4-5-13-22)17-10-11-20(25-16-17)27-19-9-6-8-18(23)21(19)24/h6,8-11,16H,3-5,7,12-15H2,1-2H3. The molecule has 0 aliphatic heterocycles. The van der Waals surface area contributed by atoms with E-state index < -0.39 is 0 Å². The summed E-state index contributed by atoms with van der Waals surface area (Å²) in [6, 6.07) is 9.91. The van der Waals surface area contributed by atoms with Crippen LogP contribution in [0, 0.1) is 5.41 Å². The van der Waals surface area contributed by atoms with Gasteiger partial charge in [-0.1, -0.05) is 60.8 Å². The molecule has 5 heteroatoms. The van der Waals surface area contributed by atoms with Crippen molar-refractivity contribution in [2.24, 2.45) is 5.41 Å². The van der Waals surface area contributed by atoms with Crippen molar-refractivity contribution in [3.63, 3.8) is 0 Å². The summed E-state index contributed by atoms with van der Waals surface area (Å²) in [6.07, 6.45) is 10.2. The highest BCUT2D eigenvalue weighted by Gasteiger charge is 2.27. The molecule has 1 aromatic carbocycles. The Labute approximate surface area is 177 Å². The second-order valence-corrected chi connectivity index (χ2v) is 9.56. The number of rotatable bonds is 8. The number of aromatic nitrogens is 1. The van der Waals surface area contributed by atoms with Crippen LogP contribution >= 0.6 is 35.0 Å². The van der Waals surface area contributed by atoms with Crippen LogP contribution in [0.25, 0.3) is 0 Å². The fourth-order valence-electron chi connectivity index (χ4n) is 3.94. The molecule has 0 saturated heterocycles. The SMILES string of the molecule is CCN(CCCC1(C)CCCC1)c1ccc(Sc2cccc(Cl)c2Cl)nc1. The number of hydrogen-bond donors (Lipinski definition) is 0. The zero-order valence-electron chi connectivity index (χ0n) is 16.2. The fraction of sp³-hybridized carbons (Fsp3) is 0.500. The Morgan fingerprint density at radius 1 is 1.15 bits per heavy atom. The monoisotopic (exact) mass is 422 g/mol. The number of nitrogens with zero attached hydrogens (tertiary/aromatic N) is 2. The van der Waals surface area contributed by atoms with E-state index in [0.29, 0.717) is 15.5 Å². The smallest absolute Gasteiger partial charge is 0.101 e. The minimum Gasteiger partial charge on any atom is -0.371 e. The largest absolute Gasteiger partial charge is 0.371 e. The van der Waals surface area contributed by atoms with Gasteiger partial charge in [0.25, 0.3) is 0 Å². The van der Waals surface area contributed by atoms with Crippen LogP contribution in [-0.4, -0.2) is 18.1 Å². The van der Waals surface area contributed by atoms with Crippen molar-refractivity contribution in [1.29, 1.82) is 0 Å². The van der Waals surface area contributed by atoms with Crippen molar-refractivity contribution in [2.45, 2.75) is 62.3 Å². The molecule has 0 spiro atoms. The first-order chi connectivity index (χ1) is 13.0. The molecule has 27 heavy (non-hydrogen) atoms. The number of pyridine rings is 1. The lowest BCUT2D eigenvalue weighted by Crippen LogP contribution is -2.25. The molecule has 2 aromatic rings. The first-order valence-corrected chi connectivity index (χ1v) is 11.4. The molecule has 0 radical (unpaired) electrons. The average molecular weight is 423 g/mol. The summed E-state index contributed by atoms with van der Waals surface area (Å²) >= 11 is 13.9. The molecule has 1 saturated carbocycles. The lowest BCUT2D eigenvalue weighted by Gasteiger charge is -2.27. The van der Waals surface area contributed by atoms with Gasteiger partial charge < -0.3 is 4.90 Å². The highest BCUT2D eigenvalue weighted by Crippen LogP contribution is 2.41.